The predicted octanol–water partition coefficient (Wildman–Crippen LogP) is 5.15. The molecule has 1 aliphatic heterocycles. The number of hydrogen-bond acceptors (Lipinski definition) is 7. The van der Waals surface area contributed by atoms with Crippen molar-refractivity contribution in [3.63, 3.8) is 0 Å². The van der Waals surface area contributed by atoms with Crippen molar-refractivity contribution in [2.75, 3.05) is 24.6 Å². The molecule has 0 aromatic carbocycles. The maximum atomic E-state index is 13.9. The summed E-state index contributed by atoms with van der Waals surface area (Å²) < 4.78 is 13.9. The van der Waals surface area contributed by atoms with Gasteiger partial charge in [0.25, 0.3) is 5.91 Å². The second-order valence-corrected chi connectivity index (χ2v) is 9.44. The van der Waals surface area contributed by atoms with Crippen molar-refractivity contribution in [3.8, 4) is 11.4 Å². The fourth-order valence-electron chi connectivity index (χ4n) is 3.14. The van der Waals surface area contributed by atoms with Crippen molar-refractivity contribution in [3.05, 3.63) is 50.5 Å². The van der Waals surface area contributed by atoms with E-state index in [2.05, 4.69) is 19.9 Å². The van der Waals surface area contributed by atoms with Crippen molar-refractivity contribution in [1.82, 2.24) is 15.0 Å². The molecule has 4 rings (SSSR count). The molecule has 0 saturated carbocycles. The van der Waals surface area contributed by atoms with Crippen LogP contribution in [-0.4, -0.2) is 56.7 Å². The Labute approximate surface area is 222 Å². The number of piperidine rings is 1. The number of nitrogens with zero attached hydrogens (tertiary/aromatic N) is 3. The Morgan fingerprint density at radius 1 is 1.22 bits per heavy atom. The molecule has 0 radical (unpaired) electrons. The highest BCUT2D eigenvalue weighted by molar-refractivity contribution is 7.17. The number of hydrogen-bond donors (Lipinski definition) is 4. The minimum absolute atomic E-state index is 0.00518. The number of carbonyl (C=O) groups excluding carboxylic acids is 1. The summed E-state index contributed by atoms with van der Waals surface area (Å²) >= 11 is 12.4. The summed E-state index contributed by atoms with van der Waals surface area (Å²) in [7, 11) is 0. The lowest BCUT2D eigenvalue weighted by Gasteiger charge is -2.25. The maximum Gasteiger partial charge on any atom is 0.348 e. The van der Waals surface area contributed by atoms with E-state index in [1.165, 1.54) is 24.8 Å². The molecule has 1 saturated heterocycles. The molecule has 13 heteroatoms. The van der Waals surface area contributed by atoms with E-state index in [1.54, 1.807) is 6.92 Å². The van der Waals surface area contributed by atoms with Crippen molar-refractivity contribution in [2.24, 2.45) is 5.73 Å². The third-order valence-electron chi connectivity index (χ3n) is 4.94. The van der Waals surface area contributed by atoms with Gasteiger partial charge in [0, 0.05) is 31.6 Å². The van der Waals surface area contributed by atoms with E-state index < -0.39 is 17.7 Å². The number of nitrogens with one attached hydrogen (secondary N) is 1. The number of H-pyrrole nitrogens is 1. The Balaban J connectivity index is 0.000000255. The van der Waals surface area contributed by atoms with Gasteiger partial charge in [-0.2, -0.15) is 0 Å². The fourth-order valence-corrected chi connectivity index (χ4v) is 4.52. The summed E-state index contributed by atoms with van der Waals surface area (Å²) in [4.78, 5) is 35.1. The minimum atomic E-state index is -1.10. The lowest BCUT2D eigenvalue weighted by atomic mass is 10.1. The number of pyridine rings is 1. The first-order valence-corrected chi connectivity index (χ1v) is 12.7. The first-order chi connectivity index (χ1) is 17.1. The number of aromatic carboxylic acids is 1. The number of carboxylic acids is 1. The zero-order valence-electron chi connectivity index (χ0n) is 19.9. The zero-order valence-corrected chi connectivity index (χ0v) is 22.2. The van der Waals surface area contributed by atoms with E-state index in [-0.39, 0.29) is 27.0 Å². The predicted molar refractivity (Wildman–Crippen MR) is 140 cm³/mol. The number of carboxylic acid groups (broad SMARTS) is 1. The number of carbonyl (C=O) groups is 2. The number of aryl methyl sites for hydroxylation is 1. The number of aromatic nitrogens is 3. The van der Waals surface area contributed by atoms with Gasteiger partial charge in [0.2, 0.25) is 0 Å². The molecule has 36 heavy (non-hydrogen) atoms. The number of primary amides is 1. The van der Waals surface area contributed by atoms with E-state index in [1.807, 2.05) is 6.92 Å². The maximum absolute atomic E-state index is 13.9. The van der Waals surface area contributed by atoms with Crippen LogP contribution in [0.4, 0.5) is 9.52 Å². The molecular formula is C23H28Cl2FN5O4S. The SMILES string of the molecule is CCCO.Cc1[nH]c(C(N)=O)c(Cl)c1Cl.O=C(O)c1sc(N2CCCCC2)nc1-c1ncccc1F. The number of nitrogens with two attached hydrogens (primary N) is 1. The number of halogens is 3. The van der Waals surface area contributed by atoms with E-state index in [0.29, 0.717) is 22.5 Å². The van der Waals surface area contributed by atoms with Gasteiger partial charge < -0.3 is 25.8 Å². The zero-order chi connectivity index (χ0) is 26.8. The van der Waals surface area contributed by atoms with Gasteiger partial charge in [-0.1, -0.05) is 41.5 Å². The van der Waals surface area contributed by atoms with Crippen molar-refractivity contribution >= 4 is 51.5 Å². The summed E-state index contributed by atoms with van der Waals surface area (Å²) in [6.45, 7) is 5.67. The van der Waals surface area contributed by atoms with Gasteiger partial charge in [-0.05, 0) is 44.7 Å². The summed E-state index contributed by atoms with van der Waals surface area (Å²) in [6.07, 6.45) is 5.61. The standard InChI is InChI=1S/C14H14FN3O2S.C6H6Cl2N2O.C3H8O/c15-9-5-4-6-16-10(9)11-12(13(19)20)21-14(17-11)18-7-2-1-3-8-18;1-2-3(7)4(8)5(10-2)6(9)11;1-2-3-4/h4-6H,1-3,7-8H2,(H,19,20);10H,1H3,(H2,9,11);4H,2-3H2,1H3. The minimum Gasteiger partial charge on any atom is -0.477 e. The molecule has 1 aliphatic rings. The van der Waals surface area contributed by atoms with Crippen LogP contribution in [0.15, 0.2) is 18.3 Å². The summed E-state index contributed by atoms with van der Waals surface area (Å²) in [5.41, 5.74) is 5.90. The van der Waals surface area contributed by atoms with E-state index in [0.717, 1.165) is 43.7 Å². The average Bonchev–Trinajstić information content (AvgIpc) is 3.43. The third kappa shape index (κ3) is 7.63. The summed E-state index contributed by atoms with van der Waals surface area (Å²) in [6, 6.07) is 2.73. The largest absolute Gasteiger partial charge is 0.477 e. The van der Waals surface area contributed by atoms with E-state index in [4.69, 9.17) is 34.0 Å². The van der Waals surface area contributed by atoms with Crippen molar-refractivity contribution in [1.29, 1.82) is 0 Å². The number of thiazole rings is 1. The number of aromatic amines is 1. The Bertz CT molecular complexity index is 1180. The highest BCUT2D eigenvalue weighted by atomic mass is 35.5. The smallest absolute Gasteiger partial charge is 0.348 e. The van der Waals surface area contributed by atoms with Crippen LogP contribution in [0.3, 0.4) is 0 Å². The Morgan fingerprint density at radius 3 is 2.31 bits per heavy atom. The highest BCUT2D eigenvalue weighted by Gasteiger charge is 2.25. The fraction of sp³-hybridized carbons (Fsp3) is 0.391. The quantitative estimate of drug-likeness (QED) is 0.338. The van der Waals surface area contributed by atoms with Crippen LogP contribution in [0.5, 0.6) is 0 Å². The molecule has 5 N–H and O–H groups in total. The summed E-state index contributed by atoms with van der Waals surface area (Å²) in [5, 5.41) is 18.4. The van der Waals surface area contributed by atoms with Crippen LogP contribution >= 0.6 is 34.5 Å². The number of aliphatic hydroxyl groups excluding tert-OH is 1. The van der Waals surface area contributed by atoms with E-state index >= 15 is 0 Å². The Morgan fingerprint density at radius 2 is 1.86 bits per heavy atom. The van der Waals surface area contributed by atoms with Crippen LogP contribution in [0.25, 0.3) is 11.4 Å². The lowest BCUT2D eigenvalue weighted by Crippen LogP contribution is -2.29. The van der Waals surface area contributed by atoms with Crippen molar-refractivity contribution in [2.45, 2.75) is 39.5 Å². The van der Waals surface area contributed by atoms with Crippen LogP contribution in [0.2, 0.25) is 10.0 Å². The van der Waals surface area contributed by atoms with E-state index in [9.17, 15) is 19.1 Å². The van der Waals surface area contributed by atoms with Gasteiger partial charge in [0.05, 0.1) is 10.0 Å². The topological polar surface area (TPSA) is 145 Å². The molecule has 0 atom stereocenters. The van der Waals surface area contributed by atoms with Crippen LogP contribution < -0.4 is 10.6 Å². The molecular weight excluding hydrogens is 532 g/mol. The molecule has 3 aromatic heterocycles. The summed E-state index contributed by atoms with van der Waals surface area (Å²) in [5.74, 6) is -2.27. The van der Waals surface area contributed by atoms with Gasteiger partial charge in [-0.25, -0.2) is 14.2 Å². The number of amides is 1. The molecule has 0 aliphatic carbocycles. The van der Waals surface area contributed by atoms with Gasteiger partial charge >= 0.3 is 5.97 Å². The van der Waals surface area contributed by atoms with Crippen LogP contribution in [-0.2, 0) is 0 Å². The monoisotopic (exact) mass is 559 g/mol. The van der Waals surface area contributed by atoms with Crippen LogP contribution in [0, 0.1) is 12.7 Å². The van der Waals surface area contributed by atoms with Crippen molar-refractivity contribution < 1.29 is 24.2 Å². The second kappa shape index (κ2) is 14.1. The molecule has 1 fully saturated rings. The van der Waals surface area contributed by atoms with Crippen LogP contribution in [0.1, 0.15) is 58.5 Å². The first kappa shape index (κ1) is 29.5. The molecule has 0 spiro atoms. The Kier molecular flexibility index (Phi) is 11.6. The second-order valence-electron chi connectivity index (χ2n) is 7.70. The normalized spacial score (nSPS) is 12.8. The number of anilines is 1. The molecule has 1 amide bonds. The lowest BCUT2D eigenvalue weighted by molar-refractivity contribution is 0.0702. The molecule has 3 aromatic rings. The molecule has 196 valence electrons. The highest BCUT2D eigenvalue weighted by Crippen LogP contribution is 2.34. The molecule has 0 unspecified atom stereocenters. The van der Waals surface area contributed by atoms with Gasteiger partial charge in [-0.3, -0.25) is 9.78 Å². The average molecular weight is 560 g/mol. The number of aliphatic hydroxyl groups is 1. The van der Waals surface area contributed by atoms with Gasteiger partial charge in [0.1, 0.15) is 22.0 Å². The third-order valence-corrected chi connectivity index (χ3v) is 6.99. The molecule has 0 bridgehead atoms. The molecule has 9 nitrogen and oxygen atoms in total. The van der Waals surface area contributed by atoms with Gasteiger partial charge in [-0.15, -0.1) is 0 Å². The molecule has 4 heterocycles. The number of rotatable bonds is 5. The van der Waals surface area contributed by atoms with Gasteiger partial charge in [0.15, 0.2) is 10.9 Å². The Hall–Kier alpha value is -2.73. The first-order valence-electron chi connectivity index (χ1n) is 11.2.